The Kier molecular flexibility index (Phi) is 4.04. The monoisotopic (exact) mass is 246 g/mol. The summed E-state index contributed by atoms with van der Waals surface area (Å²) in [6, 6.07) is 1.61. The van der Waals surface area contributed by atoms with Crippen LogP contribution in [-0.2, 0) is 16.6 Å². The van der Waals surface area contributed by atoms with Crippen molar-refractivity contribution in [3.8, 4) is 0 Å². The summed E-state index contributed by atoms with van der Waals surface area (Å²) in [5.74, 6) is 0. The molecule has 0 fully saturated rings. The van der Waals surface area contributed by atoms with E-state index in [0.717, 1.165) is 4.88 Å². The Morgan fingerprint density at radius 2 is 2.33 bits per heavy atom. The average molecular weight is 246 g/mol. The molecule has 2 N–H and O–H groups in total. The Bertz CT molecular complexity index is 437. The lowest BCUT2D eigenvalue weighted by Crippen LogP contribution is -2.26. The van der Waals surface area contributed by atoms with Crippen LogP contribution in [0.2, 0.25) is 0 Å². The smallest absolute Gasteiger partial charge is 0.243 e. The van der Waals surface area contributed by atoms with Crippen molar-refractivity contribution in [3.05, 3.63) is 29.0 Å². The van der Waals surface area contributed by atoms with E-state index in [4.69, 9.17) is 5.73 Å². The van der Waals surface area contributed by atoms with Gasteiger partial charge in [-0.25, -0.2) is 8.42 Å². The third-order valence-electron chi connectivity index (χ3n) is 1.93. The van der Waals surface area contributed by atoms with E-state index in [-0.39, 0.29) is 0 Å². The molecule has 0 atom stereocenters. The summed E-state index contributed by atoms with van der Waals surface area (Å²) in [6.07, 6.45) is 1.55. The SMILES string of the molecule is C=CCN(C)S(=O)(=O)c1csc(CN)c1. The van der Waals surface area contributed by atoms with Crippen molar-refractivity contribution in [1.82, 2.24) is 4.31 Å². The molecule has 1 heterocycles. The van der Waals surface area contributed by atoms with E-state index >= 15 is 0 Å². The van der Waals surface area contributed by atoms with Crippen molar-refractivity contribution >= 4 is 21.4 Å². The Hall–Kier alpha value is -0.690. The van der Waals surface area contributed by atoms with Crippen LogP contribution in [-0.4, -0.2) is 26.3 Å². The molecule has 0 aliphatic heterocycles. The topological polar surface area (TPSA) is 63.4 Å². The number of nitrogens with zero attached hydrogens (tertiary/aromatic N) is 1. The zero-order valence-electron chi connectivity index (χ0n) is 8.51. The molecule has 0 saturated carbocycles. The number of hydrogen-bond donors (Lipinski definition) is 1. The van der Waals surface area contributed by atoms with E-state index in [0.29, 0.717) is 18.0 Å². The third-order valence-corrected chi connectivity index (χ3v) is 4.83. The van der Waals surface area contributed by atoms with E-state index in [1.54, 1.807) is 17.5 Å². The van der Waals surface area contributed by atoms with Crippen molar-refractivity contribution in [1.29, 1.82) is 0 Å². The number of sulfonamides is 1. The molecule has 1 aromatic heterocycles. The highest BCUT2D eigenvalue weighted by atomic mass is 32.2. The van der Waals surface area contributed by atoms with Gasteiger partial charge in [-0.05, 0) is 6.07 Å². The molecule has 1 aromatic rings. The van der Waals surface area contributed by atoms with Gasteiger partial charge >= 0.3 is 0 Å². The van der Waals surface area contributed by atoms with Crippen LogP contribution in [0.4, 0.5) is 0 Å². The fourth-order valence-corrected chi connectivity index (χ4v) is 3.35. The molecule has 84 valence electrons. The summed E-state index contributed by atoms with van der Waals surface area (Å²) in [6.45, 7) is 4.17. The first-order valence-corrected chi connectivity index (χ1v) is 6.69. The standard InChI is InChI=1S/C9H14N2O2S2/c1-3-4-11(2)15(12,13)9-5-8(6-10)14-7-9/h3,5,7H,1,4,6,10H2,2H3. The first kappa shape index (κ1) is 12.4. The maximum absolute atomic E-state index is 11.9. The van der Waals surface area contributed by atoms with Crippen LogP contribution in [0.15, 0.2) is 29.0 Å². The fraction of sp³-hybridized carbons (Fsp3) is 0.333. The average Bonchev–Trinajstić information content (AvgIpc) is 2.66. The molecule has 0 aliphatic carbocycles. The maximum Gasteiger partial charge on any atom is 0.243 e. The Labute approximate surface area is 94.1 Å². The maximum atomic E-state index is 11.9. The first-order chi connectivity index (χ1) is 7.02. The second kappa shape index (κ2) is 4.89. The zero-order chi connectivity index (χ0) is 11.5. The summed E-state index contributed by atoms with van der Waals surface area (Å²) in [4.78, 5) is 1.16. The van der Waals surface area contributed by atoms with Crippen molar-refractivity contribution in [2.75, 3.05) is 13.6 Å². The molecule has 0 amide bonds. The number of thiophene rings is 1. The van der Waals surface area contributed by atoms with E-state index in [9.17, 15) is 8.42 Å². The van der Waals surface area contributed by atoms with Crippen LogP contribution >= 0.6 is 11.3 Å². The van der Waals surface area contributed by atoms with E-state index in [1.165, 1.54) is 22.7 Å². The fourth-order valence-electron chi connectivity index (χ4n) is 1.06. The third kappa shape index (κ3) is 2.66. The zero-order valence-corrected chi connectivity index (χ0v) is 10.1. The molecule has 4 nitrogen and oxygen atoms in total. The minimum atomic E-state index is -3.37. The number of likely N-dealkylation sites (N-methyl/N-ethyl adjacent to an activating group) is 1. The Morgan fingerprint density at radius 1 is 1.67 bits per heavy atom. The van der Waals surface area contributed by atoms with Crippen LogP contribution in [0.1, 0.15) is 4.88 Å². The molecular formula is C9H14N2O2S2. The van der Waals surface area contributed by atoms with Crippen LogP contribution < -0.4 is 5.73 Å². The van der Waals surface area contributed by atoms with Gasteiger partial charge in [-0.1, -0.05) is 6.08 Å². The highest BCUT2D eigenvalue weighted by Gasteiger charge is 2.20. The summed E-state index contributed by atoms with van der Waals surface area (Å²) in [5.41, 5.74) is 5.43. The quantitative estimate of drug-likeness (QED) is 0.789. The highest BCUT2D eigenvalue weighted by molar-refractivity contribution is 7.89. The first-order valence-electron chi connectivity index (χ1n) is 4.37. The normalized spacial score (nSPS) is 11.9. The van der Waals surface area contributed by atoms with Gasteiger partial charge in [-0.2, -0.15) is 4.31 Å². The number of nitrogens with two attached hydrogens (primary N) is 1. The lowest BCUT2D eigenvalue weighted by Gasteiger charge is -2.13. The Balaban J connectivity index is 3.00. The molecule has 0 radical (unpaired) electrons. The largest absolute Gasteiger partial charge is 0.326 e. The molecule has 0 aromatic carbocycles. The van der Waals surface area contributed by atoms with Gasteiger partial charge in [0.1, 0.15) is 0 Å². The summed E-state index contributed by atoms with van der Waals surface area (Å²) in [5, 5.41) is 1.61. The molecule has 1 rings (SSSR count). The van der Waals surface area contributed by atoms with Gasteiger partial charge in [-0.15, -0.1) is 17.9 Å². The van der Waals surface area contributed by atoms with Gasteiger partial charge in [-0.3, -0.25) is 0 Å². The molecule has 6 heteroatoms. The second-order valence-electron chi connectivity index (χ2n) is 3.03. The molecule has 0 unspecified atom stereocenters. The summed E-state index contributed by atoms with van der Waals surface area (Å²) < 4.78 is 25.0. The van der Waals surface area contributed by atoms with E-state index in [2.05, 4.69) is 6.58 Å². The summed E-state index contributed by atoms with van der Waals surface area (Å²) in [7, 11) is -1.85. The minimum absolute atomic E-state index is 0.302. The predicted octanol–water partition coefficient (Wildman–Crippen LogP) is 1.01. The van der Waals surface area contributed by atoms with Gasteiger partial charge in [0.05, 0.1) is 4.90 Å². The molecular weight excluding hydrogens is 232 g/mol. The van der Waals surface area contributed by atoms with Crippen LogP contribution in [0.5, 0.6) is 0 Å². The van der Waals surface area contributed by atoms with Crippen molar-refractivity contribution in [2.24, 2.45) is 5.73 Å². The van der Waals surface area contributed by atoms with Gasteiger partial charge in [0.25, 0.3) is 0 Å². The van der Waals surface area contributed by atoms with Crippen LogP contribution in [0.25, 0.3) is 0 Å². The van der Waals surface area contributed by atoms with Gasteiger partial charge < -0.3 is 5.73 Å². The lowest BCUT2D eigenvalue weighted by atomic mass is 10.5. The van der Waals surface area contributed by atoms with E-state index < -0.39 is 10.0 Å². The van der Waals surface area contributed by atoms with E-state index in [1.807, 2.05) is 0 Å². The summed E-state index contributed by atoms with van der Waals surface area (Å²) >= 11 is 1.36. The number of hydrogen-bond acceptors (Lipinski definition) is 4. The molecule has 0 bridgehead atoms. The molecule has 0 spiro atoms. The van der Waals surface area contributed by atoms with Crippen molar-refractivity contribution < 1.29 is 8.42 Å². The van der Waals surface area contributed by atoms with Gasteiger partial charge in [0.15, 0.2) is 0 Å². The van der Waals surface area contributed by atoms with Crippen LogP contribution in [0.3, 0.4) is 0 Å². The highest BCUT2D eigenvalue weighted by Crippen LogP contribution is 2.21. The van der Waals surface area contributed by atoms with Crippen molar-refractivity contribution in [3.63, 3.8) is 0 Å². The predicted molar refractivity (Wildman–Crippen MR) is 62.2 cm³/mol. The molecule has 0 aliphatic rings. The molecule has 15 heavy (non-hydrogen) atoms. The van der Waals surface area contributed by atoms with Gasteiger partial charge in [0, 0.05) is 30.4 Å². The lowest BCUT2D eigenvalue weighted by molar-refractivity contribution is 0.499. The Morgan fingerprint density at radius 3 is 2.80 bits per heavy atom. The van der Waals surface area contributed by atoms with Gasteiger partial charge in [0.2, 0.25) is 10.0 Å². The minimum Gasteiger partial charge on any atom is -0.326 e. The second-order valence-corrected chi connectivity index (χ2v) is 6.07. The molecule has 0 saturated heterocycles. The number of rotatable bonds is 5. The van der Waals surface area contributed by atoms with Crippen molar-refractivity contribution in [2.45, 2.75) is 11.4 Å². The van der Waals surface area contributed by atoms with Crippen LogP contribution in [0, 0.1) is 0 Å².